The molecule has 2 rings (SSSR count). The number of carbonyl (C=O) groups is 1. The van der Waals surface area contributed by atoms with Crippen molar-refractivity contribution in [2.45, 2.75) is 18.4 Å². The van der Waals surface area contributed by atoms with Crippen molar-refractivity contribution in [3.63, 3.8) is 0 Å². The van der Waals surface area contributed by atoms with Crippen molar-refractivity contribution in [1.82, 2.24) is 5.32 Å². The molecule has 1 fully saturated rings. The molecule has 1 aromatic rings. The zero-order valence-corrected chi connectivity index (χ0v) is 12.7. The van der Waals surface area contributed by atoms with Crippen LogP contribution in [-0.2, 0) is 4.74 Å². The van der Waals surface area contributed by atoms with Crippen LogP contribution in [0.5, 0.6) is 0 Å². The molecular formula is C13H14BrFN2O4. The average Bonchev–Trinajstić information content (AvgIpc) is 2.47. The number of amides is 1. The molecule has 21 heavy (non-hydrogen) atoms. The first-order chi connectivity index (χ1) is 9.96. The lowest BCUT2D eigenvalue weighted by Crippen LogP contribution is -2.53. The SMILES string of the molecule is O=C(NC1(CBr)CCOCC1)c1cc(F)cc([N+](=O)[O-])c1. The highest BCUT2D eigenvalue weighted by Crippen LogP contribution is 2.24. The number of carbonyl (C=O) groups excluding carboxylic acids is 1. The second-order valence-corrected chi connectivity index (χ2v) is 5.50. The normalized spacial score (nSPS) is 17.2. The van der Waals surface area contributed by atoms with Gasteiger partial charge in [0.1, 0.15) is 5.82 Å². The van der Waals surface area contributed by atoms with Crippen LogP contribution in [0, 0.1) is 15.9 Å². The number of alkyl halides is 1. The lowest BCUT2D eigenvalue weighted by atomic mass is 9.92. The van der Waals surface area contributed by atoms with E-state index in [0.717, 1.165) is 18.2 Å². The predicted octanol–water partition coefficient (Wildman–Crippen LogP) is 2.41. The number of ether oxygens (including phenoxy) is 1. The van der Waals surface area contributed by atoms with Crippen molar-refractivity contribution in [2.24, 2.45) is 0 Å². The van der Waals surface area contributed by atoms with E-state index in [4.69, 9.17) is 4.74 Å². The van der Waals surface area contributed by atoms with E-state index in [-0.39, 0.29) is 5.56 Å². The number of hydrogen-bond donors (Lipinski definition) is 1. The Kier molecular flexibility index (Phi) is 4.89. The lowest BCUT2D eigenvalue weighted by Gasteiger charge is -2.36. The number of nitrogens with one attached hydrogen (secondary N) is 1. The van der Waals surface area contributed by atoms with Crippen LogP contribution in [0.1, 0.15) is 23.2 Å². The minimum Gasteiger partial charge on any atom is -0.381 e. The van der Waals surface area contributed by atoms with Gasteiger partial charge in [-0.05, 0) is 18.9 Å². The molecule has 1 saturated heterocycles. The molecule has 114 valence electrons. The number of nitrogens with zero attached hydrogens (tertiary/aromatic N) is 1. The molecule has 1 N–H and O–H groups in total. The van der Waals surface area contributed by atoms with Gasteiger partial charge in [-0.1, -0.05) is 15.9 Å². The first-order valence-electron chi connectivity index (χ1n) is 6.37. The van der Waals surface area contributed by atoms with Gasteiger partial charge in [-0.3, -0.25) is 14.9 Å². The lowest BCUT2D eigenvalue weighted by molar-refractivity contribution is -0.385. The molecule has 0 saturated carbocycles. The summed E-state index contributed by atoms with van der Waals surface area (Å²) in [6.45, 7) is 1.05. The first kappa shape index (κ1) is 15.8. The van der Waals surface area contributed by atoms with E-state index in [1.807, 2.05) is 0 Å². The van der Waals surface area contributed by atoms with Gasteiger partial charge in [0.25, 0.3) is 11.6 Å². The summed E-state index contributed by atoms with van der Waals surface area (Å²) >= 11 is 3.37. The quantitative estimate of drug-likeness (QED) is 0.507. The number of rotatable bonds is 4. The largest absolute Gasteiger partial charge is 0.381 e. The van der Waals surface area contributed by atoms with Gasteiger partial charge >= 0.3 is 0 Å². The van der Waals surface area contributed by atoms with Crippen LogP contribution in [-0.4, -0.2) is 34.9 Å². The summed E-state index contributed by atoms with van der Waals surface area (Å²) in [5.41, 5.74) is -0.982. The summed E-state index contributed by atoms with van der Waals surface area (Å²) in [4.78, 5) is 22.2. The fourth-order valence-electron chi connectivity index (χ4n) is 2.18. The van der Waals surface area contributed by atoms with Crippen LogP contribution in [0.3, 0.4) is 0 Å². The van der Waals surface area contributed by atoms with E-state index >= 15 is 0 Å². The Bertz CT molecular complexity index is 561. The summed E-state index contributed by atoms with van der Waals surface area (Å²) in [6, 6.07) is 2.84. The molecule has 1 aliphatic rings. The molecule has 0 unspecified atom stereocenters. The van der Waals surface area contributed by atoms with Gasteiger partial charge in [-0.15, -0.1) is 0 Å². The third-order valence-corrected chi connectivity index (χ3v) is 4.51. The molecule has 0 bridgehead atoms. The fourth-order valence-corrected chi connectivity index (χ4v) is 2.88. The molecule has 0 spiro atoms. The Labute approximate surface area is 128 Å². The van der Waals surface area contributed by atoms with Gasteiger partial charge in [-0.2, -0.15) is 0 Å². The highest BCUT2D eigenvalue weighted by atomic mass is 79.9. The standard InChI is InChI=1S/C13H14BrFN2O4/c14-8-13(1-3-21-4-2-13)16-12(18)9-5-10(15)7-11(6-9)17(19)20/h5-7H,1-4,8H2,(H,16,18). The minimum atomic E-state index is -0.811. The predicted molar refractivity (Wildman–Crippen MR) is 77.1 cm³/mol. The van der Waals surface area contributed by atoms with Gasteiger partial charge in [0, 0.05) is 30.2 Å². The molecule has 1 aliphatic heterocycles. The van der Waals surface area contributed by atoms with Crippen LogP contribution in [0.2, 0.25) is 0 Å². The van der Waals surface area contributed by atoms with Crippen LogP contribution in [0.4, 0.5) is 10.1 Å². The Hall–Kier alpha value is -1.54. The summed E-state index contributed by atoms with van der Waals surface area (Å²) in [5.74, 6) is -1.34. The Morgan fingerprint density at radius 3 is 2.67 bits per heavy atom. The second kappa shape index (κ2) is 6.48. The van der Waals surface area contributed by atoms with Crippen molar-refractivity contribution >= 4 is 27.5 Å². The Morgan fingerprint density at radius 1 is 1.43 bits per heavy atom. The minimum absolute atomic E-state index is 0.0616. The van der Waals surface area contributed by atoms with Crippen molar-refractivity contribution in [2.75, 3.05) is 18.5 Å². The maximum atomic E-state index is 13.4. The highest BCUT2D eigenvalue weighted by Gasteiger charge is 2.33. The van der Waals surface area contributed by atoms with Crippen LogP contribution in [0.25, 0.3) is 0 Å². The summed E-state index contributed by atoms with van der Waals surface area (Å²) in [7, 11) is 0. The number of benzene rings is 1. The third-order valence-electron chi connectivity index (χ3n) is 3.44. The molecule has 1 heterocycles. The van der Waals surface area contributed by atoms with E-state index in [2.05, 4.69) is 21.2 Å². The summed E-state index contributed by atoms with van der Waals surface area (Å²) < 4.78 is 18.7. The monoisotopic (exact) mass is 360 g/mol. The van der Waals surface area contributed by atoms with Gasteiger partial charge in [-0.25, -0.2) is 4.39 Å². The number of nitro groups is 1. The molecule has 0 radical (unpaired) electrons. The molecule has 6 nitrogen and oxygen atoms in total. The molecule has 1 aromatic carbocycles. The van der Waals surface area contributed by atoms with Crippen LogP contribution >= 0.6 is 15.9 Å². The molecule has 0 aliphatic carbocycles. The van der Waals surface area contributed by atoms with Crippen molar-refractivity contribution in [3.05, 3.63) is 39.7 Å². The van der Waals surface area contributed by atoms with Crippen molar-refractivity contribution in [1.29, 1.82) is 0 Å². The smallest absolute Gasteiger partial charge is 0.273 e. The van der Waals surface area contributed by atoms with Crippen LogP contribution in [0.15, 0.2) is 18.2 Å². The fraction of sp³-hybridized carbons (Fsp3) is 0.462. The molecular weight excluding hydrogens is 347 g/mol. The van der Waals surface area contributed by atoms with E-state index in [1.54, 1.807) is 0 Å². The number of nitro benzene ring substituents is 1. The van der Waals surface area contributed by atoms with Crippen LogP contribution < -0.4 is 5.32 Å². The third kappa shape index (κ3) is 3.76. The Morgan fingerprint density at radius 2 is 2.10 bits per heavy atom. The van der Waals surface area contributed by atoms with Gasteiger partial charge < -0.3 is 10.1 Å². The zero-order valence-electron chi connectivity index (χ0n) is 11.1. The van der Waals surface area contributed by atoms with Gasteiger partial charge in [0.2, 0.25) is 0 Å². The zero-order chi connectivity index (χ0) is 15.5. The summed E-state index contributed by atoms with van der Waals surface area (Å²) in [6.07, 6.45) is 1.25. The summed E-state index contributed by atoms with van der Waals surface area (Å²) in [5, 5.41) is 14.1. The first-order valence-corrected chi connectivity index (χ1v) is 7.49. The van der Waals surface area contributed by atoms with E-state index in [0.29, 0.717) is 31.4 Å². The van der Waals surface area contributed by atoms with Gasteiger partial charge in [0.15, 0.2) is 0 Å². The molecule has 0 aromatic heterocycles. The van der Waals surface area contributed by atoms with E-state index < -0.39 is 27.9 Å². The van der Waals surface area contributed by atoms with Gasteiger partial charge in [0.05, 0.1) is 16.5 Å². The number of non-ortho nitro benzene ring substituents is 1. The maximum Gasteiger partial charge on any atom is 0.273 e. The molecule has 0 atom stereocenters. The molecule has 1 amide bonds. The number of halogens is 2. The average molecular weight is 361 g/mol. The second-order valence-electron chi connectivity index (χ2n) is 4.94. The van der Waals surface area contributed by atoms with Crippen molar-refractivity contribution < 1.29 is 18.8 Å². The van der Waals surface area contributed by atoms with E-state index in [9.17, 15) is 19.3 Å². The Balaban J connectivity index is 2.21. The topological polar surface area (TPSA) is 81.5 Å². The number of hydrogen-bond acceptors (Lipinski definition) is 4. The maximum absolute atomic E-state index is 13.4. The van der Waals surface area contributed by atoms with Crippen molar-refractivity contribution in [3.8, 4) is 0 Å². The molecule has 8 heteroatoms. The van der Waals surface area contributed by atoms with E-state index in [1.165, 1.54) is 0 Å². The highest BCUT2D eigenvalue weighted by molar-refractivity contribution is 9.09.